The lowest BCUT2D eigenvalue weighted by Gasteiger charge is -2.12. The molecule has 0 bridgehead atoms. The van der Waals surface area contributed by atoms with Crippen molar-refractivity contribution >= 4 is 11.3 Å². The van der Waals surface area contributed by atoms with Gasteiger partial charge >= 0.3 is 0 Å². The minimum absolute atomic E-state index is 0.373. The second-order valence-electron chi connectivity index (χ2n) is 4.76. The molecule has 0 radical (unpaired) electrons. The number of aromatic nitrogens is 3. The highest BCUT2D eigenvalue weighted by molar-refractivity contribution is 7.09. The van der Waals surface area contributed by atoms with E-state index in [1.807, 2.05) is 41.9 Å². The highest BCUT2D eigenvalue weighted by Gasteiger charge is 2.16. The van der Waals surface area contributed by atoms with E-state index in [4.69, 9.17) is 10.5 Å². The first-order valence-electron chi connectivity index (χ1n) is 7.21. The van der Waals surface area contributed by atoms with Gasteiger partial charge in [-0.25, -0.2) is 4.68 Å². The summed E-state index contributed by atoms with van der Waals surface area (Å²) in [7, 11) is 0. The summed E-state index contributed by atoms with van der Waals surface area (Å²) in [4.78, 5) is 1.26. The molecule has 22 heavy (non-hydrogen) atoms. The third-order valence-corrected chi connectivity index (χ3v) is 4.23. The number of rotatable bonds is 6. The summed E-state index contributed by atoms with van der Waals surface area (Å²) in [5, 5.41) is 10.6. The Balaban J connectivity index is 2.06. The fourth-order valence-corrected chi connectivity index (χ4v) is 3.06. The highest BCUT2D eigenvalue weighted by atomic mass is 32.1. The van der Waals surface area contributed by atoms with Crippen molar-refractivity contribution in [3.05, 3.63) is 58.0 Å². The van der Waals surface area contributed by atoms with Crippen LogP contribution in [0.2, 0.25) is 0 Å². The highest BCUT2D eigenvalue weighted by Crippen LogP contribution is 2.26. The number of nitrogens with two attached hydrogens (primary N) is 1. The van der Waals surface area contributed by atoms with E-state index in [-0.39, 0.29) is 0 Å². The monoisotopic (exact) mass is 314 g/mol. The van der Waals surface area contributed by atoms with Crippen LogP contribution in [0.25, 0.3) is 5.69 Å². The van der Waals surface area contributed by atoms with E-state index in [2.05, 4.69) is 21.8 Å². The molecule has 1 aromatic carbocycles. The van der Waals surface area contributed by atoms with Crippen LogP contribution in [0.3, 0.4) is 0 Å². The lowest BCUT2D eigenvalue weighted by Crippen LogP contribution is -2.08. The Hall–Kier alpha value is -2.18. The van der Waals surface area contributed by atoms with Crippen LogP contribution in [0.15, 0.2) is 41.8 Å². The third kappa shape index (κ3) is 2.88. The van der Waals surface area contributed by atoms with E-state index in [9.17, 15) is 0 Å². The fourth-order valence-electron chi connectivity index (χ4n) is 2.35. The number of hydrogen-bond acceptors (Lipinski definition) is 5. The summed E-state index contributed by atoms with van der Waals surface area (Å²) in [6.07, 6.45) is 0.762. The summed E-state index contributed by atoms with van der Waals surface area (Å²) in [5.74, 6) is 0.797. The Labute approximate surface area is 133 Å². The number of hydrogen-bond donors (Lipinski definition) is 1. The first-order valence-corrected chi connectivity index (χ1v) is 8.09. The SMILES string of the molecule is CCOc1ccccc1-n1nnc(CN)c1Cc1cccs1. The molecule has 3 aromatic rings. The van der Waals surface area contributed by atoms with Crippen LogP contribution in [-0.2, 0) is 13.0 Å². The van der Waals surface area contributed by atoms with E-state index in [1.165, 1.54) is 4.88 Å². The van der Waals surface area contributed by atoms with Gasteiger partial charge in [-0.2, -0.15) is 0 Å². The standard InChI is InChI=1S/C16H18N4OS/c1-2-21-16-8-4-3-7-14(16)20-15(13(11-17)18-19-20)10-12-6-5-9-22-12/h3-9H,2,10-11,17H2,1H3. The van der Waals surface area contributed by atoms with Crippen molar-refractivity contribution in [2.75, 3.05) is 6.61 Å². The lowest BCUT2D eigenvalue weighted by atomic mass is 10.2. The molecule has 0 aliphatic heterocycles. The quantitative estimate of drug-likeness (QED) is 0.760. The van der Waals surface area contributed by atoms with Crippen LogP contribution in [0, 0.1) is 0 Å². The largest absolute Gasteiger partial charge is 0.492 e. The van der Waals surface area contributed by atoms with Crippen LogP contribution in [0.4, 0.5) is 0 Å². The number of benzene rings is 1. The van der Waals surface area contributed by atoms with Gasteiger partial charge in [0.25, 0.3) is 0 Å². The van der Waals surface area contributed by atoms with Gasteiger partial charge in [-0.15, -0.1) is 16.4 Å². The van der Waals surface area contributed by atoms with Gasteiger partial charge in [-0.3, -0.25) is 0 Å². The Morgan fingerprint density at radius 1 is 1.23 bits per heavy atom. The molecule has 0 saturated heterocycles. The number of ether oxygens (including phenoxy) is 1. The molecule has 0 aliphatic carbocycles. The van der Waals surface area contributed by atoms with Gasteiger partial charge in [0.2, 0.25) is 0 Å². The van der Waals surface area contributed by atoms with Crippen LogP contribution in [0.1, 0.15) is 23.2 Å². The molecule has 0 amide bonds. The average molecular weight is 314 g/mol. The molecule has 3 rings (SSSR count). The van der Waals surface area contributed by atoms with E-state index < -0.39 is 0 Å². The van der Waals surface area contributed by atoms with Crippen molar-refractivity contribution in [1.29, 1.82) is 0 Å². The Bertz CT molecular complexity index is 736. The number of nitrogens with zero attached hydrogens (tertiary/aromatic N) is 3. The molecule has 2 heterocycles. The summed E-state index contributed by atoms with van der Waals surface area (Å²) < 4.78 is 7.55. The van der Waals surface area contributed by atoms with Gasteiger partial charge in [-0.05, 0) is 30.5 Å². The van der Waals surface area contributed by atoms with Crippen LogP contribution in [0.5, 0.6) is 5.75 Å². The molecule has 114 valence electrons. The summed E-state index contributed by atoms with van der Waals surface area (Å²) in [5.41, 5.74) is 8.55. The number of thiophene rings is 1. The first kappa shape index (κ1) is 14.7. The first-order chi connectivity index (χ1) is 10.8. The van der Waals surface area contributed by atoms with E-state index in [1.54, 1.807) is 11.3 Å². The zero-order valence-corrected chi connectivity index (χ0v) is 13.2. The molecule has 0 unspecified atom stereocenters. The van der Waals surface area contributed by atoms with Gasteiger partial charge in [0.05, 0.1) is 12.3 Å². The molecule has 0 saturated carbocycles. The van der Waals surface area contributed by atoms with Crippen LogP contribution in [-0.4, -0.2) is 21.6 Å². The number of para-hydroxylation sites is 2. The van der Waals surface area contributed by atoms with Gasteiger partial charge < -0.3 is 10.5 Å². The van der Waals surface area contributed by atoms with E-state index in [0.29, 0.717) is 13.2 Å². The van der Waals surface area contributed by atoms with Crippen molar-refractivity contribution in [3.8, 4) is 11.4 Å². The third-order valence-electron chi connectivity index (χ3n) is 3.35. The lowest BCUT2D eigenvalue weighted by molar-refractivity contribution is 0.338. The topological polar surface area (TPSA) is 66.0 Å². The van der Waals surface area contributed by atoms with Gasteiger partial charge in [0, 0.05) is 17.8 Å². The molecule has 6 heteroatoms. The van der Waals surface area contributed by atoms with Crippen molar-refractivity contribution in [2.45, 2.75) is 19.9 Å². The summed E-state index contributed by atoms with van der Waals surface area (Å²) >= 11 is 1.72. The molecule has 5 nitrogen and oxygen atoms in total. The van der Waals surface area contributed by atoms with E-state index in [0.717, 1.165) is 29.2 Å². The zero-order valence-electron chi connectivity index (χ0n) is 12.4. The Morgan fingerprint density at radius 2 is 2.09 bits per heavy atom. The average Bonchev–Trinajstić information content (AvgIpc) is 3.18. The zero-order chi connectivity index (χ0) is 15.4. The molecule has 0 fully saturated rings. The maximum atomic E-state index is 5.82. The minimum atomic E-state index is 0.373. The van der Waals surface area contributed by atoms with Crippen molar-refractivity contribution in [1.82, 2.24) is 15.0 Å². The molecular formula is C16H18N4OS. The molecule has 0 aliphatic rings. The summed E-state index contributed by atoms with van der Waals surface area (Å²) in [6.45, 7) is 2.95. The second-order valence-corrected chi connectivity index (χ2v) is 5.79. The van der Waals surface area contributed by atoms with Gasteiger partial charge in [0.1, 0.15) is 17.1 Å². The van der Waals surface area contributed by atoms with Crippen molar-refractivity contribution < 1.29 is 4.74 Å². The van der Waals surface area contributed by atoms with Crippen molar-refractivity contribution in [2.24, 2.45) is 5.73 Å². The molecule has 0 spiro atoms. The Morgan fingerprint density at radius 3 is 2.82 bits per heavy atom. The molecule has 2 aromatic heterocycles. The summed E-state index contributed by atoms with van der Waals surface area (Å²) in [6, 6.07) is 12.0. The second kappa shape index (κ2) is 6.72. The van der Waals surface area contributed by atoms with Gasteiger partial charge in [-0.1, -0.05) is 23.4 Å². The maximum absolute atomic E-state index is 5.82. The van der Waals surface area contributed by atoms with Crippen LogP contribution >= 0.6 is 11.3 Å². The smallest absolute Gasteiger partial charge is 0.145 e. The van der Waals surface area contributed by atoms with Crippen molar-refractivity contribution in [3.63, 3.8) is 0 Å². The normalized spacial score (nSPS) is 10.8. The van der Waals surface area contributed by atoms with Gasteiger partial charge in [0.15, 0.2) is 0 Å². The fraction of sp³-hybridized carbons (Fsp3) is 0.250. The molecular weight excluding hydrogens is 296 g/mol. The molecule has 0 atom stereocenters. The minimum Gasteiger partial charge on any atom is -0.492 e. The predicted molar refractivity (Wildman–Crippen MR) is 87.5 cm³/mol. The maximum Gasteiger partial charge on any atom is 0.145 e. The predicted octanol–water partition coefficient (Wildman–Crippen LogP) is 2.78. The Kier molecular flexibility index (Phi) is 4.50. The van der Waals surface area contributed by atoms with E-state index >= 15 is 0 Å². The molecule has 2 N–H and O–H groups in total. The van der Waals surface area contributed by atoms with Crippen LogP contribution < -0.4 is 10.5 Å².